The van der Waals surface area contributed by atoms with Crippen LogP contribution < -0.4 is 4.74 Å². The van der Waals surface area contributed by atoms with Crippen molar-refractivity contribution < 1.29 is 17.9 Å². The van der Waals surface area contributed by atoms with Crippen LogP contribution in [0.15, 0.2) is 47.2 Å². The lowest BCUT2D eigenvalue weighted by atomic mass is 10.2. The summed E-state index contributed by atoms with van der Waals surface area (Å²) >= 11 is 3.20. The van der Waals surface area contributed by atoms with Gasteiger partial charge in [0.05, 0.1) is 11.8 Å². The van der Waals surface area contributed by atoms with Crippen LogP contribution in [0.4, 0.5) is 13.2 Å². The lowest BCUT2D eigenvalue weighted by Crippen LogP contribution is -2.04. The molecule has 0 aliphatic rings. The monoisotopic (exact) mass is 317 g/mol. The standard InChI is InChI=1S/C12H7BrF3NO/c13-9-5-11(7-17-6-9)18-10-3-1-2-8(4-10)12(14,15)16/h1-7H. The topological polar surface area (TPSA) is 22.1 Å². The fourth-order valence-corrected chi connectivity index (χ4v) is 1.66. The lowest BCUT2D eigenvalue weighted by molar-refractivity contribution is -0.137. The number of nitrogens with zero attached hydrogens (tertiary/aromatic N) is 1. The third-order valence-corrected chi connectivity index (χ3v) is 2.51. The van der Waals surface area contributed by atoms with Gasteiger partial charge in [-0.1, -0.05) is 6.07 Å². The van der Waals surface area contributed by atoms with Gasteiger partial charge in [0, 0.05) is 10.7 Å². The van der Waals surface area contributed by atoms with Crippen LogP contribution in [0, 0.1) is 0 Å². The number of halogens is 4. The normalized spacial score (nSPS) is 11.3. The van der Waals surface area contributed by atoms with Crippen molar-refractivity contribution in [3.05, 3.63) is 52.8 Å². The fraction of sp³-hybridized carbons (Fsp3) is 0.0833. The summed E-state index contributed by atoms with van der Waals surface area (Å²) in [6.07, 6.45) is -1.40. The van der Waals surface area contributed by atoms with Crippen molar-refractivity contribution in [1.82, 2.24) is 4.98 Å². The Morgan fingerprint density at radius 1 is 1.06 bits per heavy atom. The maximum Gasteiger partial charge on any atom is 0.416 e. The van der Waals surface area contributed by atoms with E-state index < -0.39 is 11.7 Å². The number of rotatable bonds is 2. The first-order valence-electron chi connectivity index (χ1n) is 4.91. The Labute approximate surface area is 110 Å². The second kappa shape index (κ2) is 4.97. The molecule has 1 aromatic heterocycles. The van der Waals surface area contributed by atoms with Gasteiger partial charge in [-0.3, -0.25) is 4.98 Å². The Kier molecular flexibility index (Phi) is 3.56. The molecule has 0 radical (unpaired) electrons. The van der Waals surface area contributed by atoms with Crippen LogP contribution in [0.5, 0.6) is 11.5 Å². The Bertz CT molecular complexity index is 557. The second-order valence-corrected chi connectivity index (χ2v) is 4.38. The van der Waals surface area contributed by atoms with Crippen molar-refractivity contribution in [1.29, 1.82) is 0 Å². The smallest absolute Gasteiger partial charge is 0.416 e. The van der Waals surface area contributed by atoms with Crippen molar-refractivity contribution in [3.8, 4) is 11.5 Å². The summed E-state index contributed by atoms with van der Waals surface area (Å²) in [5, 5.41) is 0. The van der Waals surface area contributed by atoms with Crippen LogP contribution >= 0.6 is 15.9 Å². The van der Waals surface area contributed by atoms with Gasteiger partial charge in [0.1, 0.15) is 11.5 Å². The van der Waals surface area contributed by atoms with E-state index >= 15 is 0 Å². The molecule has 94 valence electrons. The number of alkyl halides is 3. The molecule has 2 nitrogen and oxygen atoms in total. The van der Waals surface area contributed by atoms with E-state index in [4.69, 9.17) is 4.74 Å². The molecule has 2 aromatic rings. The minimum absolute atomic E-state index is 0.115. The van der Waals surface area contributed by atoms with Crippen molar-refractivity contribution in [2.45, 2.75) is 6.18 Å². The first-order chi connectivity index (χ1) is 8.45. The van der Waals surface area contributed by atoms with Crippen LogP contribution in [-0.4, -0.2) is 4.98 Å². The molecule has 0 saturated carbocycles. The van der Waals surface area contributed by atoms with E-state index in [1.54, 1.807) is 12.3 Å². The average molecular weight is 318 g/mol. The van der Waals surface area contributed by atoms with Crippen molar-refractivity contribution in [2.75, 3.05) is 0 Å². The summed E-state index contributed by atoms with van der Waals surface area (Å²) in [5.74, 6) is 0.480. The fourth-order valence-electron chi connectivity index (χ4n) is 1.32. The maximum absolute atomic E-state index is 12.5. The Balaban J connectivity index is 2.25. The highest BCUT2D eigenvalue weighted by Gasteiger charge is 2.30. The first-order valence-corrected chi connectivity index (χ1v) is 5.70. The summed E-state index contributed by atoms with van der Waals surface area (Å²) in [5.41, 5.74) is -0.747. The van der Waals surface area contributed by atoms with E-state index in [1.165, 1.54) is 18.3 Å². The third kappa shape index (κ3) is 3.22. The summed E-state index contributed by atoms with van der Waals surface area (Å²) < 4.78 is 43.5. The first kappa shape index (κ1) is 12.9. The van der Waals surface area contributed by atoms with E-state index in [2.05, 4.69) is 20.9 Å². The molecule has 0 N–H and O–H groups in total. The van der Waals surface area contributed by atoms with Gasteiger partial charge in [-0.15, -0.1) is 0 Å². The molecule has 0 atom stereocenters. The van der Waals surface area contributed by atoms with E-state index in [1.807, 2.05) is 0 Å². The zero-order valence-electron chi connectivity index (χ0n) is 8.91. The van der Waals surface area contributed by atoms with Gasteiger partial charge in [-0.05, 0) is 40.2 Å². The highest BCUT2D eigenvalue weighted by atomic mass is 79.9. The Morgan fingerprint density at radius 2 is 1.83 bits per heavy atom. The van der Waals surface area contributed by atoms with Gasteiger partial charge in [0.15, 0.2) is 0 Å². The molecular weight excluding hydrogens is 311 g/mol. The molecule has 0 amide bonds. The zero-order chi connectivity index (χ0) is 13.2. The largest absolute Gasteiger partial charge is 0.456 e. The van der Waals surface area contributed by atoms with Gasteiger partial charge >= 0.3 is 6.18 Å². The molecule has 0 aliphatic heterocycles. The number of hydrogen-bond donors (Lipinski definition) is 0. The van der Waals surface area contributed by atoms with E-state index in [9.17, 15) is 13.2 Å². The highest BCUT2D eigenvalue weighted by Crippen LogP contribution is 2.32. The molecule has 0 spiro atoms. The lowest BCUT2D eigenvalue weighted by Gasteiger charge is -2.09. The third-order valence-electron chi connectivity index (χ3n) is 2.08. The van der Waals surface area contributed by atoms with Gasteiger partial charge in [-0.25, -0.2) is 0 Å². The average Bonchev–Trinajstić information content (AvgIpc) is 2.28. The van der Waals surface area contributed by atoms with Crippen molar-refractivity contribution in [2.24, 2.45) is 0 Å². The molecule has 6 heteroatoms. The van der Waals surface area contributed by atoms with Gasteiger partial charge in [-0.2, -0.15) is 13.2 Å². The summed E-state index contributed by atoms with van der Waals surface area (Å²) in [6, 6.07) is 6.31. The van der Waals surface area contributed by atoms with Crippen LogP contribution in [0.2, 0.25) is 0 Å². The molecule has 0 bridgehead atoms. The minimum atomic E-state index is -4.38. The summed E-state index contributed by atoms with van der Waals surface area (Å²) in [4.78, 5) is 3.86. The minimum Gasteiger partial charge on any atom is -0.456 e. The summed E-state index contributed by atoms with van der Waals surface area (Å²) in [6.45, 7) is 0. The Morgan fingerprint density at radius 3 is 2.50 bits per heavy atom. The van der Waals surface area contributed by atoms with Gasteiger partial charge < -0.3 is 4.74 Å². The van der Waals surface area contributed by atoms with Gasteiger partial charge in [0.2, 0.25) is 0 Å². The molecule has 0 aliphatic carbocycles. The SMILES string of the molecule is FC(F)(F)c1cccc(Oc2cncc(Br)c2)c1. The van der Waals surface area contributed by atoms with Crippen LogP contribution in [0.1, 0.15) is 5.56 Å². The van der Waals surface area contributed by atoms with Crippen molar-refractivity contribution in [3.63, 3.8) is 0 Å². The highest BCUT2D eigenvalue weighted by molar-refractivity contribution is 9.10. The number of hydrogen-bond acceptors (Lipinski definition) is 2. The zero-order valence-corrected chi connectivity index (χ0v) is 10.5. The van der Waals surface area contributed by atoms with Crippen LogP contribution in [0.3, 0.4) is 0 Å². The molecule has 0 saturated heterocycles. The number of ether oxygens (including phenoxy) is 1. The predicted molar refractivity (Wildman–Crippen MR) is 63.5 cm³/mol. The molecule has 1 aromatic carbocycles. The second-order valence-electron chi connectivity index (χ2n) is 3.47. The van der Waals surface area contributed by atoms with Crippen LogP contribution in [-0.2, 0) is 6.18 Å². The van der Waals surface area contributed by atoms with Crippen LogP contribution in [0.25, 0.3) is 0 Å². The number of benzene rings is 1. The van der Waals surface area contributed by atoms with E-state index in [-0.39, 0.29) is 5.75 Å². The van der Waals surface area contributed by atoms with Crippen molar-refractivity contribution >= 4 is 15.9 Å². The van der Waals surface area contributed by atoms with E-state index in [0.717, 1.165) is 12.1 Å². The molecular formula is C12H7BrF3NO. The number of aromatic nitrogens is 1. The van der Waals surface area contributed by atoms with Gasteiger partial charge in [0.25, 0.3) is 0 Å². The quantitative estimate of drug-likeness (QED) is 0.804. The van der Waals surface area contributed by atoms with E-state index in [0.29, 0.717) is 10.2 Å². The maximum atomic E-state index is 12.5. The number of pyridine rings is 1. The molecule has 1 heterocycles. The predicted octanol–water partition coefficient (Wildman–Crippen LogP) is 4.66. The molecule has 2 rings (SSSR count). The molecule has 0 unspecified atom stereocenters. The summed E-state index contributed by atoms with van der Waals surface area (Å²) in [7, 11) is 0. The molecule has 0 fully saturated rings. The molecule has 18 heavy (non-hydrogen) atoms. The Hall–Kier alpha value is -1.56.